The molecule has 0 unspecified atom stereocenters. The SMILES string of the molecule is Fc1cc(F)cc(CNCCCN2CCCCC2)c1. The fourth-order valence-corrected chi connectivity index (χ4v) is 2.56. The molecule has 106 valence electrons. The lowest BCUT2D eigenvalue weighted by Crippen LogP contribution is -2.32. The van der Waals surface area contributed by atoms with Crippen LogP contribution in [0.25, 0.3) is 0 Å². The van der Waals surface area contributed by atoms with Crippen molar-refractivity contribution in [2.24, 2.45) is 0 Å². The van der Waals surface area contributed by atoms with Gasteiger partial charge in [0, 0.05) is 12.6 Å². The number of nitrogens with one attached hydrogen (secondary N) is 1. The third-order valence-electron chi connectivity index (χ3n) is 3.53. The molecule has 1 saturated heterocycles. The van der Waals surface area contributed by atoms with Gasteiger partial charge in [0.15, 0.2) is 0 Å². The summed E-state index contributed by atoms with van der Waals surface area (Å²) in [5.41, 5.74) is 0.662. The lowest BCUT2D eigenvalue weighted by molar-refractivity contribution is 0.225. The lowest BCUT2D eigenvalue weighted by Gasteiger charge is -2.26. The van der Waals surface area contributed by atoms with Crippen LogP contribution in [0.1, 0.15) is 31.2 Å². The quantitative estimate of drug-likeness (QED) is 0.798. The maximum Gasteiger partial charge on any atom is 0.126 e. The van der Waals surface area contributed by atoms with Gasteiger partial charge in [-0.3, -0.25) is 0 Å². The summed E-state index contributed by atoms with van der Waals surface area (Å²) in [6.45, 7) is 4.96. The Labute approximate surface area is 113 Å². The largest absolute Gasteiger partial charge is 0.313 e. The van der Waals surface area contributed by atoms with Crippen LogP contribution in [-0.2, 0) is 6.54 Å². The van der Waals surface area contributed by atoms with Crippen molar-refractivity contribution in [3.63, 3.8) is 0 Å². The Hall–Kier alpha value is -1.00. The van der Waals surface area contributed by atoms with Crippen LogP contribution in [0.5, 0.6) is 0 Å². The Morgan fingerprint density at radius 3 is 2.37 bits per heavy atom. The molecule has 1 aromatic carbocycles. The molecule has 1 aliphatic heterocycles. The van der Waals surface area contributed by atoms with Crippen molar-refractivity contribution in [3.8, 4) is 0 Å². The number of hydrogen-bond donors (Lipinski definition) is 1. The van der Waals surface area contributed by atoms with E-state index < -0.39 is 11.6 Å². The maximum atomic E-state index is 13.0. The second kappa shape index (κ2) is 7.56. The molecule has 4 heteroatoms. The van der Waals surface area contributed by atoms with Crippen molar-refractivity contribution in [1.82, 2.24) is 10.2 Å². The number of nitrogens with zero attached hydrogens (tertiary/aromatic N) is 1. The molecule has 0 spiro atoms. The van der Waals surface area contributed by atoms with Gasteiger partial charge in [0.2, 0.25) is 0 Å². The first-order chi connectivity index (χ1) is 9.24. The highest BCUT2D eigenvalue weighted by atomic mass is 19.1. The Kier molecular flexibility index (Phi) is 5.73. The van der Waals surface area contributed by atoms with Crippen LogP contribution >= 0.6 is 0 Å². The predicted molar refractivity (Wildman–Crippen MR) is 73.0 cm³/mol. The van der Waals surface area contributed by atoms with Gasteiger partial charge in [-0.05, 0) is 63.1 Å². The van der Waals surface area contributed by atoms with Gasteiger partial charge in [-0.1, -0.05) is 6.42 Å². The third-order valence-corrected chi connectivity index (χ3v) is 3.53. The van der Waals surface area contributed by atoms with Crippen molar-refractivity contribution in [1.29, 1.82) is 0 Å². The van der Waals surface area contributed by atoms with Gasteiger partial charge in [-0.2, -0.15) is 0 Å². The van der Waals surface area contributed by atoms with Crippen molar-refractivity contribution in [2.75, 3.05) is 26.2 Å². The zero-order chi connectivity index (χ0) is 13.5. The van der Waals surface area contributed by atoms with E-state index in [0.717, 1.165) is 25.6 Å². The fourth-order valence-electron chi connectivity index (χ4n) is 2.56. The van der Waals surface area contributed by atoms with E-state index in [0.29, 0.717) is 12.1 Å². The molecular formula is C15H22F2N2. The van der Waals surface area contributed by atoms with Crippen LogP contribution < -0.4 is 5.32 Å². The van der Waals surface area contributed by atoms with Gasteiger partial charge in [0.25, 0.3) is 0 Å². The number of piperidine rings is 1. The van der Waals surface area contributed by atoms with Crippen LogP contribution in [0.4, 0.5) is 8.78 Å². The highest BCUT2D eigenvalue weighted by Gasteiger charge is 2.08. The number of benzene rings is 1. The van der Waals surface area contributed by atoms with Crippen molar-refractivity contribution >= 4 is 0 Å². The highest BCUT2D eigenvalue weighted by Crippen LogP contribution is 2.09. The van der Waals surface area contributed by atoms with Gasteiger partial charge in [0.05, 0.1) is 0 Å². The first-order valence-corrected chi connectivity index (χ1v) is 7.12. The van der Waals surface area contributed by atoms with Crippen molar-refractivity contribution < 1.29 is 8.78 Å². The molecule has 0 aromatic heterocycles. The normalized spacial score (nSPS) is 16.7. The van der Waals surface area contributed by atoms with E-state index >= 15 is 0 Å². The van der Waals surface area contributed by atoms with Gasteiger partial charge in [-0.25, -0.2) is 8.78 Å². The van der Waals surface area contributed by atoms with Crippen molar-refractivity contribution in [3.05, 3.63) is 35.4 Å². The Balaban J connectivity index is 1.60. The van der Waals surface area contributed by atoms with Gasteiger partial charge in [-0.15, -0.1) is 0 Å². The monoisotopic (exact) mass is 268 g/mol. The number of rotatable bonds is 6. The van der Waals surface area contributed by atoms with E-state index in [9.17, 15) is 8.78 Å². The molecule has 0 bridgehead atoms. The van der Waals surface area contributed by atoms with Crippen LogP contribution in [0, 0.1) is 11.6 Å². The Morgan fingerprint density at radius 1 is 1.00 bits per heavy atom. The fraction of sp³-hybridized carbons (Fsp3) is 0.600. The molecule has 1 N–H and O–H groups in total. The summed E-state index contributed by atoms with van der Waals surface area (Å²) in [6.07, 6.45) is 5.07. The molecule has 0 atom stereocenters. The molecule has 0 amide bonds. The molecule has 0 aliphatic carbocycles. The van der Waals surface area contributed by atoms with E-state index in [2.05, 4.69) is 10.2 Å². The van der Waals surface area contributed by atoms with Gasteiger partial charge < -0.3 is 10.2 Å². The van der Waals surface area contributed by atoms with Crippen molar-refractivity contribution in [2.45, 2.75) is 32.2 Å². The van der Waals surface area contributed by atoms with E-state index in [4.69, 9.17) is 0 Å². The molecule has 2 rings (SSSR count). The van der Waals surface area contributed by atoms with Crippen LogP contribution in [0.3, 0.4) is 0 Å². The third kappa shape index (κ3) is 5.25. The van der Waals surface area contributed by atoms with E-state index in [1.165, 1.54) is 44.5 Å². The minimum atomic E-state index is -0.509. The molecule has 19 heavy (non-hydrogen) atoms. The zero-order valence-electron chi connectivity index (χ0n) is 11.3. The summed E-state index contributed by atoms with van der Waals surface area (Å²) in [7, 11) is 0. The molecule has 1 aliphatic rings. The summed E-state index contributed by atoms with van der Waals surface area (Å²) in [5, 5.41) is 3.24. The molecule has 1 heterocycles. The molecule has 2 nitrogen and oxygen atoms in total. The average molecular weight is 268 g/mol. The van der Waals surface area contributed by atoms with E-state index in [-0.39, 0.29) is 0 Å². The summed E-state index contributed by atoms with van der Waals surface area (Å²) in [5.74, 6) is -1.02. The first kappa shape index (κ1) is 14.4. The minimum Gasteiger partial charge on any atom is -0.313 e. The second-order valence-corrected chi connectivity index (χ2v) is 5.21. The second-order valence-electron chi connectivity index (χ2n) is 5.21. The first-order valence-electron chi connectivity index (χ1n) is 7.12. The highest BCUT2D eigenvalue weighted by molar-refractivity contribution is 5.17. The van der Waals surface area contributed by atoms with E-state index in [1.807, 2.05) is 0 Å². The molecular weight excluding hydrogens is 246 g/mol. The maximum absolute atomic E-state index is 13.0. The van der Waals surface area contributed by atoms with Gasteiger partial charge in [0.1, 0.15) is 11.6 Å². The smallest absolute Gasteiger partial charge is 0.126 e. The summed E-state index contributed by atoms with van der Waals surface area (Å²) in [4.78, 5) is 2.49. The number of halogens is 2. The molecule has 0 radical (unpaired) electrons. The average Bonchev–Trinajstić information content (AvgIpc) is 2.38. The Bertz CT molecular complexity index is 369. The number of hydrogen-bond acceptors (Lipinski definition) is 2. The molecule has 0 saturated carbocycles. The van der Waals surface area contributed by atoms with E-state index in [1.54, 1.807) is 0 Å². The van der Waals surface area contributed by atoms with Crippen LogP contribution in [0.15, 0.2) is 18.2 Å². The summed E-state index contributed by atoms with van der Waals surface area (Å²) < 4.78 is 25.9. The minimum absolute atomic E-state index is 0.509. The van der Waals surface area contributed by atoms with Crippen LogP contribution in [0.2, 0.25) is 0 Å². The summed E-state index contributed by atoms with van der Waals surface area (Å²) >= 11 is 0. The topological polar surface area (TPSA) is 15.3 Å². The molecule has 1 aromatic rings. The van der Waals surface area contributed by atoms with Gasteiger partial charge >= 0.3 is 0 Å². The standard InChI is InChI=1S/C15H22F2N2/c16-14-9-13(10-15(17)11-14)12-18-5-4-8-19-6-2-1-3-7-19/h9-11,18H,1-8,12H2. The zero-order valence-corrected chi connectivity index (χ0v) is 11.3. The summed E-state index contributed by atoms with van der Waals surface area (Å²) in [6, 6.07) is 3.65. The lowest BCUT2D eigenvalue weighted by atomic mass is 10.1. The number of likely N-dealkylation sites (tertiary alicyclic amines) is 1. The molecule has 1 fully saturated rings. The predicted octanol–water partition coefficient (Wildman–Crippen LogP) is 2.93. The Morgan fingerprint density at radius 2 is 1.68 bits per heavy atom. The van der Waals surface area contributed by atoms with Crippen LogP contribution in [-0.4, -0.2) is 31.1 Å².